The highest BCUT2D eigenvalue weighted by molar-refractivity contribution is 5.36. The molecule has 0 bridgehead atoms. The molecule has 0 atom stereocenters. The molecule has 0 amide bonds. The van der Waals surface area contributed by atoms with E-state index in [-0.39, 0.29) is 0 Å². The van der Waals surface area contributed by atoms with Crippen molar-refractivity contribution < 1.29 is 0 Å². The highest BCUT2D eigenvalue weighted by Crippen LogP contribution is 2.02. The first-order valence-electron chi connectivity index (χ1n) is 6.09. The zero-order chi connectivity index (χ0) is 12.5. The summed E-state index contributed by atoms with van der Waals surface area (Å²) in [6, 6.07) is 0. The summed E-state index contributed by atoms with van der Waals surface area (Å²) in [5.41, 5.74) is 1.81. The minimum atomic E-state index is 0.574. The van der Waals surface area contributed by atoms with Crippen LogP contribution in [0.1, 0.15) is 56.6 Å². The lowest BCUT2D eigenvalue weighted by Gasteiger charge is -1.96. The van der Waals surface area contributed by atoms with Gasteiger partial charge in [0.25, 0.3) is 0 Å². The second-order valence-corrected chi connectivity index (χ2v) is 3.83. The van der Waals surface area contributed by atoms with E-state index in [0.717, 1.165) is 36.9 Å². The number of rotatable bonds is 2. The van der Waals surface area contributed by atoms with E-state index in [4.69, 9.17) is 0 Å². The van der Waals surface area contributed by atoms with Crippen LogP contribution in [0.5, 0.6) is 0 Å². The number of nitrogens with zero attached hydrogens (tertiary/aromatic N) is 2. The summed E-state index contributed by atoms with van der Waals surface area (Å²) < 4.78 is 0. The lowest BCUT2D eigenvalue weighted by atomic mass is 10.2. The van der Waals surface area contributed by atoms with Crippen molar-refractivity contribution in [1.82, 2.24) is 9.97 Å². The molecule has 0 radical (unpaired) electrons. The maximum Gasteiger partial charge on any atom is 0.206 e. The third-order valence-electron chi connectivity index (χ3n) is 2.13. The number of hydrogen-bond donors (Lipinski definition) is 0. The number of aromatic nitrogens is 2. The van der Waals surface area contributed by atoms with E-state index in [1.807, 2.05) is 6.92 Å². The topological polar surface area (TPSA) is 25.8 Å². The van der Waals surface area contributed by atoms with Crippen molar-refractivity contribution in [1.29, 1.82) is 0 Å². The van der Waals surface area contributed by atoms with Gasteiger partial charge in [-0.15, -0.1) is 0 Å². The number of hydrogen-bond acceptors (Lipinski definition) is 2. The normalized spacial score (nSPS) is 8.88. The predicted molar refractivity (Wildman–Crippen MR) is 70.3 cm³/mol. The van der Waals surface area contributed by atoms with Crippen molar-refractivity contribution in [3.8, 4) is 23.7 Å². The van der Waals surface area contributed by atoms with Crippen LogP contribution in [-0.2, 0) is 0 Å². The zero-order valence-corrected chi connectivity index (χ0v) is 10.8. The van der Waals surface area contributed by atoms with Gasteiger partial charge in [-0.2, -0.15) is 0 Å². The molecule has 2 nitrogen and oxygen atoms in total. The first-order chi connectivity index (χ1) is 8.27. The van der Waals surface area contributed by atoms with Gasteiger partial charge in [0, 0.05) is 24.6 Å². The van der Waals surface area contributed by atoms with Gasteiger partial charge in [-0.1, -0.05) is 25.7 Å². The van der Waals surface area contributed by atoms with E-state index in [1.54, 1.807) is 6.20 Å². The Morgan fingerprint density at radius 3 is 2.35 bits per heavy atom. The highest BCUT2D eigenvalue weighted by Gasteiger charge is 1.98. The molecule has 1 aromatic heterocycles. The molecule has 1 aromatic rings. The fourth-order valence-electron chi connectivity index (χ4n) is 1.17. The van der Waals surface area contributed by atoms with Crippen LogP contribution in [0.15, 0.2) is 6.20 Å². The summed E-state index contributed by atoms with van der Waals surface area (Å²) in [5, 5.41) is 0. The standard InChI is InChI=1S/C15H18N2/c1-4-6-8-10-14-13(3)12-16-15(17-14)11-9-7-5-2/h12H,4-7H2,1-3H3. The van der Waals surface area contributed by atoms with E-state index in [0.29, 0.717) is 5.82 Å². The molecule has 0 unspecified atom stereocenters. The van der Waals surface area contributed by atoms with Crippen molar-refractivity contribution in [3.63, 3.8) is 0 Å². The Hall–Kier alpha value is -1.80. The molecule has 0 aliphatic carbocycles. The average Bonchev–Trinajstić information content (AvgIpc) is 2.33. The summed E-state index contributed by atoms with van der Waals surface area (Å²) in [6.45, 7) is 6.19. The van der Waals surface area contributed by atoms with Gasteiger partial charge in [-0.05, 0) is 31.6 Å². The van der Waals surface area contributed by atoms with E-state index >= 15 is 0 Å². The van der Waals surface area contributed by atoms with Gasteiger partial charge in [0.15, 0.2) is 0 Å². The van der Waals surface area contributed by atoms with Crippen molar-refractivity contribution in [3.05, 3.63) is 23.3 Å². The molecule has 1 heterocycles. The van der Waals surface area contributed by atoms with Crippen molar-refractivity contribution in [2.24, 2.45) is 0 Å². The minimum absolute atomic E-state index is 0.574. The van der Waals surface area contributed by atoms with Crippen LogP contribution in [0.2, 0.25) is 0 Å². The van der Waals surface area contributed by atoms with Crippen LogP contribution < -0.4 is 0 Å². The molecule has 2 heteroatoms. The fraction of sp³-hybridized carbons (Fsp3) is 0.467. The van der Waals surface area contributed by atoms with Gasteiger partial charge in [-0.25, -0.2) is 9.97 Å². The van der Waals surface area contributed by atoms with E-state index < -0.39 is 0 Å². The molecule has 0 N–H and O–H groups in total. The van der Waals surface area contributed by atoms with Crippen LogP contribution in [0.3, 0.4) is 0 Å². The van der Waals surface area contributed by atoms with Crippen LogP contribution in [0, 0.1) is 30.6 Å². The van der Waals surface area contributed by atoms with Crippen LogP contribution in [0.25, 0.3) is 0 Å². The Labute approximate surface area is 104 Å². The predicted octanol–water partition coefficient (Wildman–Crippen LogP) is 3.09. The Bertz CT molecular complexity index is 481. The molecule has 0 saturated heterocycles. The van der Waals surface area contributed by atoms with Gasteiger partial charge < -0.3 is 0 Å². The molecule has 0 saturated carbocycles. The minimum Gasteiger partial charge on any atom is -0.229 e. The van der Waals surface area contributed by atoms with Crippen molar-refractivity contribution in [2.45, 2.75) is 46.5 Å². The molecule has 17 heavy (non-hydrogen) atoms. The molecule has 1 rings (SSSR count). The van der Waals surface area contributed by atoms with Crippen molar-refractivity contribution >= 4 is 0 Å². The lowest BCUT2D eigenvalue weighted by molar-refractivity contribution is 0.979. The van der Waals surface area contributed by atoms with Crippen molar-refractivity contribution in [2.75, 3.05) is 0 Å². The summed E-state index contributed by atoms with van der Waals surface area (Å²) in [7, 11) is 0. The molecule has 0 fully saturated rings. The van der Waals surface area contributed by atoms with Crippen LogP contribution >= 0.6 is 0 Å². The lowest BCUT2D eigenvalue weighted by Crippen LogP contribution is -1.95. The third-order valence-corrected chi connectivity index (χ3v) is 2.13. The Kier molecular flexibility index (Phi) is 5.83. The largest absolute Gasteiger partial charge is 0.229 e. The molecule has 0 aliphatic rings. The first kappa shape index (κ1) is 13.3. The number of unbranched alkanes of at least 4 members (excludes halogenated alkanes) is 2. The van der Waals surface area contributed by atoms with E-state index in [9.17, 15) is 0 Å². The molecular formula is C15H18N2. The SMILES string of the molecule is CCCC#Cc1ncc(C)c(C#CCCC)n1. The van der Waals surface area contributed by atoms with Gasteiger partial charge in [0.2, 0.25) is 5.82 Å². The molecular weight excluding hydrogens is 208 g/mol. The molecule has 0 aromatic carbocycles. The Balaban J connectivity index is 2.89. The molecule has 0 spiro atoms. The second-order valence-electron chi connectivity index (χ2n) is 3.83. The third kappa shape index (κ3) is 4.70. The highest BCUT2D eigenvalue weighted by atomic mass is 14.9. The average molecular weight is 226 g/mol. The summed E-state index contributed by atoms with van der Waals surface area (Å²) in [5.74, 6) is 12.8. The van der Waals surface area contributed by atoms with E-state index in [1.165, 1.54) is 0 Å². The monoisotopic (exact) mass is 226 g/mol. The Morgan fingerprint density at radius 1 is 1.06 bits per heavy atom. The Morgan fingerprint density at radius 2 is 1.71 bits per heavy atom. The van der Waals surface area contributed by atoms with E-state index in [2.05, 4.69) is 47.5 Å². The first-order valence-corrected chi connectivity index (χ1v) is 6.09. The van der Waals surface area contributed by atoms with Crippen LogP contribution in [-0.4, -0.2) is 9.97 Å². The maximum atomic E-state index is 4.36. The second kappa shape index (κ2) is 7.47. The molecule has 0 aliphatic heterocycles. The fourth-order valence-corrected chi connectivity index (χ4v) is 1.17. The maximum absolute atomic E-state index is 4.36. The zero-order valence-electron chi connectivity index (χ0n) is 10.8. The smallest absolute Gasteiger partial charge is 0.206 e. The van der Waals surface area contributed by atoms with Gasteiger partial charge in [0.05, 0.1) is 0 Å². The van der Waals surface area contributed by atoms with Gasteiger partial charge in [-0.3, -0.25) is 0 Å². The van der Waals surface area contributed by atoms with Crippen LogP contribution in [0.4, 0.5) is 0 Å². The number of aryl methyl sites for hydroxylation is 1. The summed E-state index contributed by atoms with van der Waals surface area (Å²) in [6.07, 6.45) is 5.70. The summed E-state index contributed by atoms with van der Waals surface area (Å²) in [4.78, 5) is 8.54. The molecule has 88 valence electrons. The quantitative estimate of drug-likeness (QED) is 0.724. The summed E-state index contributed by atoms with van der Waals surface area (Å²) >= 11 is 0. The van der Waals surface area contributed by atoms with Gasteiger partial charge in [0.1, 0.15) is 5.69 Å². The van der Waals surface area contributed by atoms with Gasteiger partial charge >= 0.3 is 0 Å².